The standard InChI is InChI=1S/C29H32N6O3S/c1-18-8-9-21(14-27(18)39(4,37)38)29(36)32-17-23-15-26-22(16-31-23)10-11-25(33-26)24-6-5-7-28(34-24)35-13-12-30-19(2)20(35)3/h5-11,14-16,19-20,30H,12-13,17H2,1-4H3,(H,32,36). The molecule has 5 rings (SSSR count). The quantitative estimate of drug-likeness (QED) is 0.379. The molecule has 39 heavy (non-hydrogen) atoms. The van der Waals surface area contributed by atoms with Gasteiger partial charge >= 0.3 is 0 Å². The highest BCUT2D eigenvalue weighted by atomic mass is 32.2. The van der Waals surface area contributed by atoms with Crippen molar-refractivity contribution in [2.24, 2.45) is 0 Å². The summed E-state index contributed by atoms with van der Waals surface area (Å²) in [6, 6.07) is 17.1. The summed E-state index contributed by atoms with van der Waals surface area (Å²) in [5.41, 5.74) is 3.82. The number of aryl methyl sites for hydroxylation is 1. The first-order valence-electron chi connectivity index (χ1n) is 12.9. The van der Waals surface area contributed by atoms with E-state index in [2.05, 4.69) is 34.4 Å². The number of piperazine rings is 1. The normalized spacial score (nSPS) is 17.8. The molecule has 2 atom stereocenters. The molecule has 0 saturated carbocycles. The van der Waals surface area contributed by atoms with Crippen LogP contribution in [0.1, 0.15) is 35.5 Å². The van der Waals surface area contributed by atoms with Gasteiger partial charge in [-0.2, -0.15) is 0 Å². The summed E-state index contributed by atoms with van der Waals surface area (Å²) >= 11 is 0. The molecule has 1 saturated heterocycles. The fraction of sp³-hybridized carbons (Fsp3) is 0.310. The van der Waals surface area contributed by atoms with Crippen molar-refractivity contribution in [2.45, 2.75) is 44.3 Å². The third-order valence-corrected chi connectivity index (χ3v) is 8.47. The van der Waals surface area contributed by atoms with E-state index in [4.69, 9.17) is 9.97 Å². The van der Waals surface area contributed by atoms with Crippen LogP contribution in [0.15, 0.2) is 65.7 Å². The Balaban J connectivity index is 1.35. The van der Waals surface area contributed by atoms with Crippen molar-refractivity contribution in [1.29, 1.82) is 0 Å². The molecule has 3 aromatic heterocycles. The minimum absolute atomic E-state index is 0.148. The second-order valence-corrected chi connectivity index (χ2v) is 12.0. The van der Waals surface area contributed by atoms with Crippen molar-refractivity contribution in [3.63, 3.8) is 0 Å². The van der Waals surface area contributed by atoms with Gasteiger partial charge in [-0.3, -0.25) is 9.78 Å². The first-order valence-corrected chi connectivity index (χ1v) is 14.8. The molecule has 4 heterocycles. The number of carbonyl (C=O) groups excluding carboxylic acids is 1. The monoisotopic (exact) mass is 544 g/mol. The molecular formula is C29H32N6O3S. The van der Waals surface area contributed by atoms with Gasteiger partial charge in [-0.15, -0.1) is 0 Å². The van der Waals surface area contributed by atoms with Crippen molar-refractivity contribution in [3.05, 3.63) is 77.6 Å². The molecular weight excluding hydrogens is 512 g/mol. The smallest absolute Gasteiger partial charge is 0.251 e. The summed E-state index contributed by atoms with van der Waals surface area (Å²) < 4.78 is 24.1. The van der Waals surface area contributed by atoms with Gasteiger partial charge < -0.3 is 15.5 Å². The fourth-order valence-corrected chi connectivity index (χ4v) is 5.81. The summed E-state index contributed by atoms with van der Waals surface area (Å²) in [7, 11) is -3.43. The van der Waals surface area contributed by atoms with E-state index >= 15 is 0 Å². The Labute approximate surface area is 228 Å². The highest BCUT2D eigenvalue weighted by molar-refractivity contribution is 7.90. The molecule has 1 aliphatic rings. The molecule has 0 bridgehead atoms. The van der Waals surface area contributed by atoms with E-state index in [-0.39, 0.29) is 22.9 Å². The Hall–Kier alpha value is -3.89. The third-order valence-electron chi connectivity index (χ3n) is 7.24. The Kier molecular flexibility index (Phi) is 7.33. The lowest BCUT2D eigenvalue weighted by molar-refractivity contribution is 0.0950. The predicted molar refractivity (Wildman–Crippen MR) is 153 cm³/mol. The van der Waals surface area contributed by atoms with Crippen LogP contribution in [0.4, 0.5) is 5.82 Å². The molecule has 1 aromatic carbocycles. The van der Waals surface area contributed by atoms with Gasteiger partial charge in [0.15, 0.2) is 9.84 Å². The van der Waals surface area contributed by atoms with E-state index in [0.717, 1.165) is 47.5 Å². The first kappa shape index (κ1) is 26.7. The summed E-state index contributed by atoms with van der Waals surface area (Å²) in [5, 5.41) is 7.21. The van der Waals surface area contributed by atoms with Crippen LogP contribution >= 0.6 is 0 Å². The second-order valence-electron chi connectivity index (χ2n) is 10.1. The molecule has 9 nitrogen and oxygen atoms in total. The van der Waals surface area contributed by atoms with Crippen LogP contribution in [0, 0.1) is 6.92 Å². The zero-order valence-electron chi connectivity index (χ0n) is 22.5. The fourth-order valence-electron chi connectivity index (χ4n) is 4.82. The van der Waals surface area contributed by atoms with Crippen molar-refractivity contribution < 1.29 is 13.2 Å². The molecule has 2 N–H and O–H groups in total. The summed E-state index contributed by atoms with van der Waals surface area (Å²) in [5.74, 6) is 0.560. The lowest BCUT2D eigenvalue weighted by Gasteiger charge is -2.39. The van der Waals surface area contributed by atoms with Crippen LogP contribution in [0.3, 0.4) is 0 Å². The number of benzene rings is 1. The Morgan fingerprint density at radius 3 is 2.67 bits per heavy atom. The van der Waals surface area contributed by atoms with Crippen molar-refractivity contribution in [1.82, 2.24) is 25.6 Å². The van der Waals surface area contributed by atoms with Crippen LogP contribution in [0.5, 0.6) is 0 Å². The molecule has 0 aliphatic carbocycles. The van der Waals surface area contributed by atoms with Gasteiger partial charge in [-0.25, -0.2) is 18.4 Å². The number of rotatable bonds is 6. The Bertz CT molecular complexity index is 1660. The van der Waals surface area contributed by atoms with Crippen molar-refractivity contribution in [3.8, 4) is 11.4 Å². The second kappa shape index (κ2) is 10.7. The van der Waals surface area contributed by atoms with E-state index in [0.29, 0.717) is 23.3 Å². The maximum absolute atomic E-state index is 12.8. The van der Waals surface area contributed by atoms with Gasteiger partial charge in [-0.05, 0) is 68.8 Å². The van der Waals surface area contributed by atoms with E-state index in [1.165, 1.54) is 6.07 Å². The van der Waals surface area contributed by atoms with Crippen LogP contribution in [0.25, 0.3) is 22.3 Å². The number of nitrogens with one attached hydrogen (secondary N) is 2. The summed E-state index contributed by atoms with van der Waals surface area (Å²) in [6.45, 7) is 8.09. The Morgan fingerprint density at radius 2 is 1.87 bits per heavy atom. The number of amides is 1. The molecule has 2 unspecified atom stereocenters. The van der Waals surface area contributed by atoms with Crippen LogP contribution in [-0.4, -0.2) is 60.7 Å². The number of pyridine rings is 3. The van der Waals surface area contributed by atoms with Gasteiger partial charge in [0, 0.05) is 48.6 Å². The molecule has 1 aliphatic heterocycles. The van der Waals surface area contributed by atoms with E-state index in [9.17, 15) is 13.2 Å². The number of carbonyl (C=O) groups is 1. The average molecular weight is 545 g/mol. The minimum Gasteiger partial charge on any atom is -0.351 e. The third kappa shape index (κ3) is 5.76. The number of hydrogen-bond donors (Lipinski definition) is 2. The summed E-state index contributed by atoms with van der Waals surface area (Å²) in [4.78, 5) is 29.5. The minimum atomic E-state index is -3.43. The number of hydrogen-bond acceptors (Lipinski definition) is 8. The number of fused-ring (bicyclic) bond motifs is 1. The van der Waals surface area contributed by atoms with E-state index in [1.54, 1.807) is 25.3 Å². The molecule has 10 heteroatoms. The molecule has 202 valence electrons. The number of anilines is 1. The van der Waals surface area contributed by atoms with E-state index in [1.807, 2.05) is 36.4 Å². The predicted octanol–water partition coefficient (Wildman–Crippen LogP) is 3.52. The zero-order chi connectivity index (χ0) is 27.7. The number of nitrogens with zero attached hydrogens (tertiary/aromatic N) is 4. The lowest BCUT2D eigenvalue weighted by Crippen LogP contribution is -2.55. The van der Waals surface area contributed by atoms with Gasteiger partial charge in [0.1, 0.15) is 5.82 Å². The Morgan fingerprint density at radius 1 is 1.08 bits per heavy atom. The topological polar surface area (TPSA) is 117 Å². The average Bonchev–Trinajstić information content (AvgIpc) is 2.92. The summed E-state index contributed by atoms with van der Waals surface area (Å²) in [6.07, 6.45) is 2.87. The number of aromatic nitrogens is 3. The maximum Gasteiger partial charge on any atom is 0.251 e. The van der Waals surface area contributed by atoms with Crippen molar-refractivity contribution >= 4 is 32.5 Å². The lowest BCUT2D eigenvalue weighted by atomic mass is 10.1. The van der Waals surface area contributed by atoms with Crippen molar-refractivity contribution in [2.75, 3.05) is 24.2 Å². The molecule has 1 fully saturated rings. The van der Waals surface area contributed by atoms with Crippen LogP contribution in [0.2, 0.25) is 0 Å². The van der Waals surface area contributed by atoms with Gasteiger partial charge in [0.05, 0.1) is 34.0 Å². The largest absolute Gasteiger partial charge is 0.351 e. The molecule has 4 aromatic rings. The van der Waals surface area contributed by atoms with Crippen LogP contribution in [-0.2, 0) is 16.4 Å². The number of sulfone groups is 1. The molecule has 0 spiro atoms. The first-order chi connectivity index (χ1) is 18.6. The highest BCUT2D eigenvalue weighted by Crippen LogP contribution is 2.24. The van der Waals surface area contributed by atoms with Gasteiger partial charge in [-0.1, -0.05) is 12.1 Å². The highest BCUT2D eigenvalue weighted by Gasteiger charge is 2.25. The maximum atomic E-state index is 12.8. The molecule has 0 radical (unpaired) electrons. The van der Waals surface area contributed by atoms with Gasteiger partial charge in [0.25, 0.3) is 5.91 Å². The SMILES string of the molecule is Cc1ccc(C(=O)NCc2cc3nc(-c4cccc(N5CCNC(C)C5C)n4)ccc3cn2)cc1S(C)(=O)=O. The molecule has 1 amide bonds. The van der Waals surface area contributed by atoms with E-state index < -0.39 is 9.84 Å². The zero-order valence-corrected chi connectivity index (χ0v) is 23.3. The van der Waals surface area contributed by atoms with Gasteiger partial charge in [0.2, 0.25) is 0 Å². The van der Waals surface area contributed by atoms with Crippen LogP contribution < -0.4 is 15.5 Å².